The van der Waals surface area contributed by atoms with Crippen LogP contribution in [0.3, 0.4) is 0 Å². The third-order valence-electron chi connectivity index (χ3n) is 1.95. The summed E-state index contributed by atoms with van der Waals surface area (Å²) in [6.07, 6.45) is 6.23. The zero-order valence-corrected chi connectivity index (χ0v) is 7.75. The molecule has 2 heteroatoms. The van der Waals surface area contributed by atoms with E-state index in [1.165, 1.54) is 0 Å². The third-order valence-corrected chi connectivity index (χ3v) is 1.95. The molecule has 0 spiro atoms. The quantitative estimate of drug-likeness (QED) is 0.603. The van der Waals surface area contributed by atoms with Gasteiger partial charge in [0.05, 0.1) is 12.9 Å². The van der Waals surface area contributed by atoms with Crippen LogP contribution >= 0.6 is 0 Å². The minimum Gasteiger partial charge on any atom is -0.473 e. The van der Waals surface area contributed by atoms with Crippen LogP contribution in [0.25, 0.3) is 0 Å². The Morgan fingerprint density at radius 3 is 2.92 bits per heavy atom. The molecule has 0 radical (unpaired) electrons. The maximum atomic E-state index is 5.36. The lowest BCUT2D eigenvalue weighted by Crippen LogP contribution is -2.25. The van der Waals surface area contributed by atoms with Gasteiger partial charge in [-0.15, -0.1) is 6.58 Å². The van der Waals surface area contributed by atoms with E-state index in [0.717, 1.165) is 6.42 Å². The van der Waals surface area contributed by atoms with Crippen molar-refractivity contribution in [3.05, 3.63) is 25.0 Å². The van der Waals surface area contributed by atoms with Gasteiger partial charge in [-0.2, -0.15) is 0 Å². The molecule has 1 rings (SSSR count). The summed E-state index contributed by atoms with van der Waals surface area (Å²) >= 11 is 0. The number of hydrogen-bond donors (Lipinski definition) is 0. The predicted octanol–water partition coefficient (Wildman–Crippen LogP) is 2.48. The maximum Gasteiger partial charge on any atom is 0.200 e. The Kier molecular flexibility index (Phi) is 2.93. The van der Waals surface area contributed by atoms with Crippen molar-refractivity contribution in [3.8, 4) is 0 Å². The van der Waals surface area contributed by atoms with Gasteiger partial charge in [0, 0.05) is 6.42 Å². The SMILES string of the molecule is C=CC(C)(C)CC1OC=CCO1. The highest BCUT2D eigenvalue weighted by molar-refractivity contribution is 4.89. The van der Waals surface area contributed by atoms with Crippen molar-refractivity contribution in [2.45, 2.75) is 26.6 Å². The molecular formula is C10H16O2. The minimum absolute atomic E-state index is 0.0792. The van der Waals surface area contributed by atoms with Gasteiger partial charge in [0.25, 0.3) is 0 Å². The number of ether oxygens (including phenoxy) is 2. The molecule has 0 aliphatic carbocycles. The molecule has 0 bridgehead atoms. The molecule has 2 nitrogen and oxygen atoms in total. The molecule has 0 saturated heterocycles. The Balaban J connectivity index is 2.40. The minimum atomic E-state index is -0.108. The molecule has 0 aromatic heterocycles. The second-order valence-electron chi connectivity index (χ2n) is 3.67. The van der Waals surface area contributed by atoms with E-state index < -0.39 is 0 Å². The highest BCUT2D eigenvalue weighted by atomic mass is 16.7. The van der Waals surface area contributed by atoms with E-state index in [1.807, 2.05) is 12.2 Å². The molecule has 0 fully saturated rings. The Hall–Kier alpha value is -0.760. The van der Waals surface area contributed by atoms with Gasteiger partial charge in [0.1, 0.15) is 0 Å². The Labute approximate surface area is 73.9 Å². The van der Waals surface area contributed by atoms with Crippen molar-refractivity contribution in [1.29, 1.82) is 0 Å². The van der Waals surface area contributed by atoms with Crippen molar-refractivity contribution in [3.63, 3.8) is 0 Å². The summed E-state index contributed by atoms with van der Waals surface area (Å²) in [5, 5.41) is 0. The van der Waals surface area contributed by atoms with E-state index in [-0.39, 0.29) is 11.7 Å². The van der Waals surface area contributed by atoms with E-state index in [2.05, 4.69) is 20.4 Å². The molecule has 0 aromatic rings. The Morgan fingerprint density at radius 1 is 1.67 bits per heavy atom. The maximum absolute atomic E-state index is 5.36. The van der Waals surface area contributed by atoms with Gasteiger partial charge < -0.3 is 9.47 Å². The van der Waals surface area contributed by atoms with Crippen LogP contribution in [0.1, 0.15) is 20.3 Å². The van der Waals surface area contributed by atoms with E-state index >= 15 is 0 Å². The number of allylic oxidation sites excluding steroid dienone is 1. The second kappa shape index (κ2) is 3.76. The summed E-state index contributed by atoms with van der Waals surface area (Å²) in [6.45, 7) is 8.65. The van der Waals surface area contributed by atoms with Crippen molar-refractivity contribution in [2.24, 2.45) is 5.41 Å². The smallest absolute Gasteiger partial charge is 0.200 e. The monoisotopic (exact) mass is 168 g/mol. The van der Waals surface area contributed by atoms with Crippen LogP contribution in [0.15, 0.2) is 25.0 Å². The van der Waals surface area contributed by atoms with Gasteiger partial charge in [0.2, 0.25) is 0 Å². The van der Waals surface area contributed by atoms with Crippen LogP contribution in [0.2, 0.25) is 0 Å². The average molecular weight is 168 g/mol. The molecule has 68 valence electrons. The average Bonchev–Trinajstić information content (AvgIpc) is 2.06. The summed E-state index contributed by atoms with van der Waals surface area (Å²) in [6, 6.07) is 0. The lowest BCUT2D eigenvalue weighted by Gasteiger charge is -2.27. The first-order valence-corrected chi connectivity index (χ1v) is 4.20. The fraction of sp³-hybridized carbons (Fsp3) is 0.600. The molecule has 0 saturated carbocycles. The molecule has 1 unspecified atom stereocenters. The van der Waals surface area contributed by atoms with Gasteiger partial charge in [-0.25, -0.2) is 0 Å². The molecule has 12 heavy (non-hydrogen) atoms. The van der Waals surface area contributed by atoms with Crippen molar-refractivity contribution in [2.75, 3.05) is 6.61 Å². The molecule has 0 amide bonds. The topological polar surface area (TPSA) is 18.5 Å². The van der Waals surface area contributed by atoms with Crippen LogP contribution in [0.5, 0.6) is 0 Å². The largest absolute Gasteiger partial charge is 0.473 e. The van der Waals surface area contributed by atoms with Crippen molar-refractivity contribution >= 4 is 0 Å². The van der Waals surface area contributed by atoms with Crippen molar-refractivity contribution < 1.29 is 9.47 Å². The molecule has 1 aliphatic rings. The number of rotatable bonds is 3. The first-order chi connectivity index (χ1) is 5.64. The van der Waals surface area contributed by atoms with Crippen LogP contribution in [-0.4, -0.2) is 12.9 Å². The molecular weight excluding hydrogens is 152 g/mol. The summed E-state index contributed by atoms with van der Waals surface area (Å²) in [7, 11) is 0. The number of hydrogen-bond acceptors (Lipinski definition) is 2. The fourth-order valence-corrected chi connectivity index (χ4v) is 1.00. The molecule has 1 heterocycles. The van der Waals surface area contributed by atoms with E-state index in [9.17, 15) is 0 Å². The van der Waals surface area contributed by atoms with E-state index in [1.54, 1.807) is 6.26 Å². The highest BCUT2D eigenvalue weighted by Gasteiger charge is 2.22. The molecule has 1 aliphatic heterocycles. The van der Waals surface area contributed by atoms with Gasteiger partial charge in [0.15, 0.2) is 6.29 Å². The zero-order valence-electron chi connectivity index (χ0n) is 7.75. The second-order valence-corrected chi connectivity index (χ2v) is 3.67. The van der Waals surface area contributed by atoms with Crippen LogP contribution in [-0.2, 0) is 9.47 Å². The molecule has 0 N–H and O–H groups in total. The van der Waals surface area contributed by atoms with Gasteiger partial charge in [-0.1, -0.05) is 19.9 Å². The fourth-order valence-electron chi connectivity index (χ4n) is 1.00. The summed E-state index contributed by atoms with van der Waals surface area (Å²) < 4.78 is 10.6. The van der Waals surface area contributed by atoms with E-state index in [0.29, 0.717) is 6.61 Å². The highest BCUT2D eigenvalue weighted by Crippen LogP contribution is 2.26. The summed E-state index contributed by atoms with van der Waals surface area (Å²) in [5.74, 6) is 0. The first-order valence-electron chi connectivity index (χ1n) is 4.20. The summed E-state index contributed by atoms with van der Waals surface area (Å²) in [4.78, 5) is 0. The lowest BCUT2D eigenvalue weighted by atomic mass is 9.89. The van der Waals surface area contributed by atoms with Crippen LogP contribution in [0, 0.1) is 5.41 Å². The van der Waals surface area contributed by atoms with Gasteiger partial charge >= 0.3 is 0 Å². The molecule has 1 atom stereocenters. The molecule has 0 aromatic carbocycles. The summed E-state index contributed by atoms with van der Waals surface area (Å²) in [5.41, 5.74) is 0.0792. The van der Waals surface area contributed by atoms with Crippen LogP contribution < -0.4 is 0 Å². The standard InChI is InChI=1S/C10H16O2/c1-4-10(2,3)8-9-11-6-5-7-12-9/h4-6,9H,1,7-8H2,2-3H3. The first kappa shape index (κ1) is 9.33. The third kappa shape index (κ3) is 2.70. The lowest BCUT2D eigenvalue weighted by molar-refractivity contribution is -0.125. The van der Waals surface area contributed by atoms with Crippen molar-refractivity contribution in [1.82, 2.24) is 0 Å². The van der Waals surface area contributed by atoms with Crippen LogP contribution in [0.4, 0.5) is 0 Å². The van der Waals surface area contributed by atoms with Gasteiger partial charge in [-0.05, 0) is 11.5 Å². The Bertz CT molecular complexity index is 182. The van der Waals surface area contributed by atoms with E-state index in [4.69, 9.17) is 9.47 Å². The normalized spacial score (nSPS) is 23.3. The zero-order chi connectivity index (χ0) is 9.03. The van der Waals surface area contributed by atoms with Gasteiger partial charge in [-0.3, -0.25) is 0 Å². The predicted molar refractivity (Wildman–Crippen MR) is 48.6 cm³/mol. The Morgan fingerprint density at radius 2 is 2.42 bits per heavy atom.